The second kappa shape index (κ2) is 8.16. The lowest BCUT2D eigenvalue weighted by atomic mass is 10.2. The van der Waals surface area contributed by atoms with Gasteiger partial charge in [0.25, 0.3) is 0 Å². The fraction of sp³-hybridized carbons (Fsp3) is 0.500. The van der Waals surface area contributed by atoms with Gasteiger partial charge in [-0.1, -0.05) is 10.6 Å². The number of aryl methyl sites for hydroxylation is 1. The van der Waals surface area contributed by atoms with E-state index >= 15 is 0 Å². The molecule has 7 nitrogen and oxygen atoms in total. The molecule has 1 N–H and O–H groups in total. The first-order chi connectivity index (χ1) is 11.7. The topological polar surface area (TPSA) is 80.2 Å². The molecule has 24 heavy (non-hydrogen) atoms. The molecule has 128 valence electrons. The first-order valence-corrected chi connectivity index (χ1v) is 8.82. The Morgan fingerprint density at radius 2 is 2.42 bits per heavy atom. The Morgan fingerprint density at radius 1 is 1.50 bits per heavy atom. The highest BCUT2D eigenvalue weighted by molar-refractivity contribution is 7.05. The number of ether oxygens (including phenoxy) is 1. The van der Waals surface area contributed by atoms with Crippen LogP contribution in [0.4, 0.5) is 4.79 Å². The van der Waals surface area contributed by atoms with Crippen molar-refractivity contribution in [3.63, 3.8) is 0 Å². The smallest absolute Gasteiger partial charge is 0.318 e. The molecule has 3 rings (SSSR count). The third kappa shape index (κ3) is 4.48. The molecule has 1 saturated heterocycles. The molecule has 0 aliphatic carbocycles. The first kappa shape index (κ1) is 16.8. The Balaban J connectivity index is 1.63. The van der Waals surface area contributed by atoms with Crippen molar-refractivity contribution in [2.75, 3.05) is 13.2 Å². The molecular weight excluding hydrogens is 326 g/mol. The zero-order chi connectivity index (χ0) is 16.8. The van der Waals surface area contributed by atoms with Gasteiger partial charge in [-0.15, -0.1) is 5.10 Å². The van der Waals surface area contributed by atoms with E-state index in [0.717, 1.165) is 35.7 Å². The number of aromatic nitrogens is 3. The van der Waals surface area contributed by atoms with Crippen LogP contribution in [0.25, 0.3) is 0 Å². The summed E-state index contributed by atoms with van der Waals surface area (Å²) < 4.78 is 9.57. The summed E-state index contributed by atoms with van der Waals surface area (Å²) in [7, 11) is 0. The number of carbonyl (C=O) groups is 1. The summed E-state index contributed by atoms with van der Waals surface area (Å²) in [5.41, 5.74) is 1.72. The molecule has 2 aromatic heterocycles. The summed E-state index contributed by atoms with van der Waals surface area (Å²) in [4.78, 5) is 19.7. The molecule has 1 atom stereocenters. The van der Waals surface area contributed by atoms with Crippen LogP contribution in [-0.2, 0) is 17.8 Å². The number of nitrogens with one attached hydrogen (secondary N) is 1. The van der Waals surface area contributed by atoms with Gasteiger partial charge in [0.05, 0.1) is 35.5 Å². The standard InChI is InChI=1S/C16H21N5O2S/c1-12-15(24-20-19-12)9-18-16(22)21(11-14-6-4-8-23-14)10-13-5-2-3-7-17-13/h2-3,5,7,14H,4,6,8-11H2,1H3,(H,18,22). The molecule has 2 amide bonds. The van der Waals surface area contributed by atoms with E-state index < -0.39 is 0 Å². The molecule has 2 aromatic rings. The number of pyridine rings is 1. The van der Waals surface area contributed by atoms with Gasteiger partial charge in [-0.3, -0.25) is 4.98 Å². The third-order valence-electron chi connectivity index (χ3n) is 3.96. The maximum atomic E-state index is 12.6. The second-order valence-electron chi connectivity index (χ2n) is 5.78. The Hall–Kier alpha value is -2.06. The summed E-state index contributed by atoms with van der Waals surface area (Å²) in [6.45, 7) is 4.14. The lowest BCUT2D eigenvalue weighted by Crippen LogP contribution is -2.43. The summed E-state index contributed by atoms with van der Waals surface area (Å²) in [6.07, 6.45) is 3.88. The van der Waals surface area contributed by atoms with Gasteiger partial charge >= 0.3 is 6.03 Å². The van der Waals surface area contributed by atoms with Crippen LogP contribution >= 0.6 is 11.5 Å². The largest absolute Gasteiger partial charge is 0.376 e. The van der Waals surface area contributed by atoms with Crippen LogP contribution in [0.1, 0.15) is 29.1 Å². The molecule has 0 spiro atoms. The van der Waals surface area contributed by atoms with E-state index in [9.17, 15) is 4.79 Å². The van der Waals surface area contributed by atoms with Crippen LogP contribution in [0.15, 0.2) is 24.4 Å². The number of hydrogen-bond acceptors (Lipinski definition) is 6. The van der Waals surface area contributed by atoms with Gasteiger partial charge in [-0.2, -0.15) is 0 Å². The highest BCUT2D eigenvalue weighted by atomic mass is 32.1. The predicted molar refractivity (Wildman–Crippen MR) is 90.5 cm³/mol. The molecule has 1 fully saturated rings. The van der Waals surface area contributed by atoms with Crippen LogP contribution < -0.4 is 5.32 Å². The second-order valence-corrected chi connectivity index (χ2v) is 6.62. The quantitative estimate of drug-likeness (QED) is 0.866. The van der Waals surface area contributed by atoms with E-state index in [4.69, 9.17) is 4.74 Å². The Kier molecular flexibility index (Phi) is 5.71. The SMILES string of the molecule is Cc1nnsc1CNC(=O)N(Cc1ccccn1)CC1CCCO1. The maximum Gasteiger partial charge on any atom is 0.318 e. The van der Waals surface area contributed by atoms with Crippen molar-refractivity contribution in [1.82, 2.24) is 24.8 Å². The van der Waals surface area contributed by atoms with Crippen molar-refractivity contribution in [3.8, 4) is 0 Å². The number of carbonyl (C=O) groups excluding carboxylic acids is 1. The highest BCUT2D eigenvalue weighted by Crippen LogP contribution is 2.15. The van der Waals surface area contributed by atoms with Crippen molar-refractivity contribution in [2.45, 2.75) is 39.0 Å². The van der Waals surface area contributed by atoms with Crippen LogP contribution in [0, 0.1) is 6.92 Å². The Labute approximate surface area is 145 Å². The average Bonchev–Trinajstić information content (AvgIpc) is 3.25. The zero-order valence-electron chi connectivity index (χ0n) is 13.6. The van der Waals surface area contributed by atoms with Crippen molar-refractivity contribution in [1.29, 1.82) is 0 Å². The van der Waals surface area contributed by atoms with Gasteiger partial charge < -0.3 is 15.0 Å². The molecular formula is C16H21N5O2S. The molecule has 1 aliphatic heterocycles. The van der Waals surface area contributed by atoms with Crippen molar-refractivity contribution >= 4 is 17.6 Å². The highest BCUT2D eigenvalue weighted by Gasteiger charge is 2.23. The fourth-order valence-corrected chi connectivity index (χ4v) is 3.19. The van der Waals surface area contributed by atoms with Crippen LogP contribution in [-0.4, -0.2) is 44.8 Å². The van der Waals surface area contributed by atoms with Crippen molar-refractivity contribution < 1.29 is 9.53 Å². The molecule has 0 radical (unpaired) electrons. The summed E-state index contributed by atoms with van der Waals surface area (Å²) >= 11 is 1.31. The van der Waals surface area contributed by atoms with E-state index in [-0.39, 0.29) is 12.1 Å². The van der Waals surface area contributed by atoms with E-state index in [1.807, 2.05) is 25.1 Å². The van der Waals surface area contributed by atoms with Crippen LogP contribution in [0.5, 0.6) is 0 Å². The lowest BCUT2D eigenvalue weighted by Gasteiger charge is -2.25. The zero-order valence-corrected chi connectivity index (χ0v) is 14.5. The van der Waals surface area contributed by atoms with E-state index in [1.165, 1.54) is 11.5 Å². The maximum absolute atomic E-state index is 12.6. The van der Waals surface area contributed by atoms with E-state index in [0.29, 0.717) is 19.6 Å². The molecule has 0 saturated carbocycles. The normalized spacial score (nSPS) is 17.0. The van der Waals surface area contributed by atoms with Crippen LogP contribution in [0.2, 0.25) is 0 Å². The molecule has 0 bridgehead atoms. The van der Waals surface area contributed by atoms with Gasteiger partial charge in [0, 0.05) is 19.3 Å². The van der Waals surface area contributed by atoms with Crippen molar-refractivity contribution in [2.24, 2.45) is 0 Å². The number of urea groups is 1. The number of hydrogen-bond donors (Lipinski definition) is 1. The van der Waals surface area contributed by atoms with Gasteiger partial charge in [-0.05, 0) is 43.4 Å². The summed E-state index contributed by atoms with van der Waals surface area (Å²) in [5.74, 6) is 0. The minimum absolute atomic E-state index is 0.103. The van der Waals surface area contributed by atoms with Gasteiger partial charge in [-0.25, -0.2) is 4.79 Å². The van der Waals surface area contributed by atoms with E-state index in [1.54, 1.807) is 11.1 Å². The van der Waals surface area contributed by atoms with Gasteiger partial charge in [0.1, 0.15) is 0 Å². The minimum Gasteiger partial charge on any atom is -0.376 e. The molecule has 1 aliphatic rings. The Bertz CT molecular complexity index is 657. The number of nitrogens with zero attached hydrogens (tertiary/aromatic N) is 4. The molecule has 3 heterocycles. The first-order valence-electron chi connectivity index (χ1n) is 8.04. The molecule has 1 unspecified atom stereocenters. The van der Waals surface area contributed by atoms with Crippen molar-refractivity contribution in [3.05, 3.63) is 40.7 Å². The lowest BCUT2D eigenvalue weighted by molar-refractivity contribution is 0.0791. The van der Waals surface area contributed by atoms with E-state index in [2.05, 4.69) is 19.9 Å². The van der Waals surface area contributed by atoms with Gasteiger partial charge in [0.15, 0.2) is 0 Å². The van der Waals surface area contributed by atoms with Gasteiger partial charge in [0.2, 0.25) is 0 Å². The monoisotopic (exact) mass is 347 g/mol. The number of rotatable bonds is 6. The third-order valence-corrected chi connectivity index (χ3v) is 4.78. The minimum atomic E-state index is -0.121. The number of amides is 2. The fourth-order valence-electron chi connectivity index (χ4n) is 2.62. The summed E-state index contributed by atoms with van der Waals surface area (Å²) in [5, 5.41) is 6.92. The Morgan fingerprint density at radius 3 is 3.08 bits per heavy atom. The average molecular weight is 347 g/mol. The predicted octanol–water partition coefficient (Wildman–Crippen LogP) is 2.13. The summed E-state index contributed by atoms with van der Waals surface area (Å²) in [6, 6.07) is 5.60. The molecule has 8 heteroatoms. The molecule has 0 aromatic carbocycles. The van der Waals surface area contributed by atoms with Crippen LogP contribution in [0.3, 0.4) is 0 Å².